The summed E-state index contributed by atoms with van der Waals surface area (Å²) in [6, 6.07) is 9.68. The second-order valence-electron chi connectivity index (χ2n) is 9.68. The zero-order valence-electron chi connectivity index (χ0n) is 21.3. The minimum Gasteiger partial charge on any atom is -0.456 e. The van der Waals surface area contributed by atoms with Gasteiger partial charge in [-0.15, -0.1) is 10.2 Å². The van der Waals surface area contributed by atoms with Crippen LogP contribution in [0, 0.1) is 26.6 Å². The molecule has 0 atom stereocenters. The van der Waals surface area contributed by atoms with Gasteiger partial charge in [0.2, 0.25) is 5.89 Å². The summed E-state index contributed by atoms with van der Waals surface area (Å²) in [5, 5.41) is 18.9. The van der Waals surface area contributed by atoms with Gasteiger partial charge in [-0.2, -0.15) is 0 Å². The molecule has 2 aromatic carbocycles. The fraction of sp³-hybridized carbons (Fsp3) is 0.250. The Morgan fingerprint density at radius 3 is 2.32 bits per heavy atom. The van der Waals surface area contributed by atoms with E-state index >= 15 is 0 Å². The minimum atomic E-state index is -1.15. The molecule has 0 bridgehead atoms. The molecule has 190 valence electrons. The molecule has 37 heavy (non-hydrogen) atoms. The van der Waals surface area contributed by atoms with Gasteiger partial charge in [0, 0.05) is 37.4 Å². The monoisotopic (exact) mass is 503 g/mol. The zero-order chi connectivity index (χ0) is 26.6. The Bertz CT molecular complexity index is 1700. The third kappa shape index (κ3) is 4.42. The van der Waals surface area contributed by atoms with Crippen LogP contribution in [0.5, 0.6) is 11.5 Å². The quantitative estimate of drug-likeness (QED) is 0.317. The fourth-order valence-electron chi connectivity index (χ4n) is 4.32. The predicted molar refractivity (Wildman–Crippen MR) is 136 cm³/mol. The highest BCUT2D eigenvalue weighted by Gasteiger charge is 2.24. The molecule has 3 aromatic heterocycles. The van der Waals surface area contributed by atoms with Crippen LogP contribution in [0.4, 0.5) is 4.39 Å². The van der Waals surface area contributed by atoms with E-state index in [9.17, 15) is 14.3 Å². The van der Waals surface area contributed by atoms with Crippen LogP contribution in [0.15, 0.2) is 56.2 Å². The lowest BCUT2D eigenvalue weighted by Crippen LogP contribution is -2.17. The number of aromatic nitrogens is 3. The van der Waals surface area contributed by atoms with E-state index in [1.54, 1.807) is 72.1 Å². The van der Waals surface area contributed by atoms with Gasteiger partial charge in [0.25, 0.3) is 11.4 Å². The van der Waals surface area contributed by atoms with E-state index in [0.29, 0.717) is 56.2 Å². The number of rotatable bonds is 5. The number of hydrogen-bond donors (Lipinski definition) is 1. The maximum atomic E-state index is 13.9. The number of pyridine rings is 1. The molecule has 0 unspecified atom stereocenters. The summed E-state index contributed by atoms with van der Waals surface area (Å²) in [5.74, 6) is 1.38. The highest BCUT2D eigenvalue weighted by Crippen LogP contribution is 2.42. The summed E-state index contributed by atoms with van der Waals surface area (Å²) in [5.41, 5.74) is 1.91. The zero-order valence-corrected chi connectivity index (χ0v) is 21.3. The van der Waals surface area contributed by atoms with Gasteiger partial charge >= 0.3 is 0 Å². The van der Waals surface area contributed by atoms with Crippen molar-refractivity contribution in [2.45, 2.75) is 40.2 Å². The number of aryl methyl sites for hydroxylation is 4. The highest BCUT2D eigenvalue weighted by molar-refractivity contribution is 5.95. The molecule has 9 heteroatoms. The minimum absolute atomic E-state index is 0.154. The van der Waals surface area contributed by atoms with Crippen LogP contribution in [0.2, 0.25) is 0 Å². The van der Waals surface area contributed by atoms with Crippen molar-refractivity contribution >= 4 is 11.0 Å². The number of hydrogen-bond acceptors (Lipinski definition) is 7. The van der Waals surface area contributed by atoms with E-state index in [4.69, 9.17) is 13.6 Å². The number of halogens is 1. The Hall–Kier alpha value is -4.24. The van der Waals surface area contributed by atoms with E-state index < -0.39 is 5.60 Å². The van der Waals surface area contributed by atoms with E-state index in [1.807, 2.05) is 0 Å². The maximum absolute atomic E-state index is 13.9. The normalized spacial score (nSPS) is 11.9. The molecule has 1 N–H and O–H groups in total. The molecule has 5 aromatic rings. The Balaban J connectivity index is 1.77. The molecule has 3 heterocycles. The molecule has 0 saturated heterocycles. The lowest BCUT2D eigenvalue weighted by molar-refractivity contribution is 0.0786. The van der Waals surface area contributed by atoms with Crippen molar-refractivity contribution in [2.24, 2.45) is 7.05 Å². The van der Waals surface area contributed by atoms with Crippen molar-refractivity contribution in [3.05, 3.63) is 81.3 Å². The predicted octanol–water partition coefficient (Wildman–Crippen LogP) is 5.93. The molecule has 0 amide bonds. The van der Waals surface area contributed by atoms with Gasteiger partial charge in [0.05, 0.1) is 11.0 Å². The van der Waals surface area contributed by atoms with Crippen LogP contribution in [0.3, 0.4) is 0 Å². The standard InChI is InChI=1S/C28H26FN3O5/c1-14-9-18(29)10-15(2)24(14)36-22-8-7-17(28(4,5)34)11-19(22)21-13-32(6)27(33)20-12-23(37-25(20)21)26-31-30-16(3)35-26/h7-13,34H,1-6H3. The molecular formula is C28H26FN3O5. The third-order valence-corrected chi connectivity index (χ3v) is 6.20. The van der Waals surface area contributed by atoms with Crippen molar-refractivity contribution in [3.8, 4) is 34.3 Å². The Kier molecular flexibility index (Phi) is 5.75. The molecule has 0 radical (unpaired) electrons. The lowest BCUT2D eigenvalue weighted by Gasteiger charge is -2.21. The number of furan rings is 1. The first kappa shape index (κ1) is 24.5. The Labute approximate surface area is 211 Å². The van der Waals surface area contributed by atoms with Crippen LogP contribution in [0.25, 0.3) is 33.7 Å². The topological polar surface area (TPSA) is 104 Å². The third-order valence-electron chi connectivity index (χ3n) is 6.20. The second-order valence-corrected chi connectivity index (χ2v) is 9.68. The maximum Gasteiger partial charge on any atom is 0.283 e. The van der Waals surface area contributed by atoms with E-state index in [0.717, 1.165) is 0 Å². The van der Waals surface area contributed by atoms with Gasteiger partial charge in [-0.05, 0) is 68.7 Å². The molecule has 0 aliphatic heterocycles. The van der Waals surface area contributed by atoms with Gasteiger partial charge in [0.15, 0.2) is 5.76 Å². The van der Waals surface area contributed by atoms with Crippen molar-refractivity contribution in [2.75, 3.05) is 0 Å². The first-order valence-corrected chi connectivity index (χ1v) is 11.7. The molecule has 0 aliphatic carbocycles. The van der Waals surface area contributed by atoms with Gasteiger partial charge in [-0.3, -0.25) is 4.79 Å². The smallest absolute Gasteiger partial charge is 0.283 e. The molecule has 5 rings (SSSR count). The highest BCUT2D eigenvalue weighted by atomic mass is 19.1. The Morgan fingerprint density at radius 2 is 1.70 bits per heavy atom. The van der Waals surface area contributed by atoms with E-state index in [1.165, 1.54) is 16.7 Å². The number of ether oxygens (including phenoxy) is 1. The van der Waals surface area contributed by atoms with Crippen LogP contribution < -0.4 is 10.3 Å². The van der Waals surface area contributed by atoms with Gasteiger partial charge in [-0.1, -0.05) is 6.07 Å². The number of aliphatic hydroxyl groups is 1. The first-order valence-electron chi connectivity index (χ1n) is 11.7. The average molecular weight is 504 g/mol. The van der Waals surface area contributed by atoms with Gasteiger partial charge in [-0.25, -0.2) is 4.39 Å². The summed E-state index contributed by atoms with van der Waals surface area (Å²) in [6.45, 7) is 8.56. The summed E-state index contributed by atoms with van der Waals surface area (Å²) in [4.78, 5) is 13.0. The van der Waals surface area contributed by atoms with Crippen LogP contribution in [-0.4, -0.2) is 19.9 Å². The lowest BCUT2D eigenvalue weighted by atomic mass is 9.93. The van der Waals surface area contributed by atoms with Crippen LogP contribution in [0.1, 0.15) is 36.4 Å². The summed E-state index contributed by atoms with van der Waals surface area (Å²) >= 11 is 0. The second kappa shape index (κ2) is 8.70. The molecule has 8 nitrogen and oxygen atoms in total. The average Bonchev–Trinajstić information content (AvgIpc) is 3.45. The first-order chi connectivity index (χ1) is 17.4. The molecular weight excluding hydrogens is 477 g/mol. The summed E-state index contributed by atoms with van der Waals surface area (Å²) in [7, 11) is 1.64. The fourth-order valence-corrected chi connectivity index (χ4v) is 4.32. The number of nitrogens with zero attached hydrogens (tertiary/aromatic N) is 3. The van der Waals surface area contributed by atoms with Crippen molar-refractivity contribution in [3.63, 3.8) is 0 Å². The SMILES string of the molecule is Cc1nnc(-c2cc3c(=O)n(C)cc(-c4cc(C(C)(C)O)ccc4Oc4c(C)cc(F)cc4C)c3o2)o1. The molecule has 0 aliphatic rings. The van der Waals surface area contributed by atoms with Gasteiger partial charge in [0.1, 0.15) is 22.9 Å². The summed E-state index contributed by atoms with van der Waals surface area (Å²) < 4.78 is 33.3. The van der Waals surface area contributed by atoms with Crippen LogP contribution >= 0.6 is 0 Å². The Morgan fingerprint density at radius 1 is 1.00 bits per heavy atom. The van der Waals surface area contributed by atoms with Crippen LogP contribution in [-0.2, 0) is 12.6 Å². The van der Waals surface area contributed by atoms with Crippen molar-refractivity contribution < 1.29 is 23.1 Å². The number of benzene rings is 2. The molecule has 0 fully saturated rings. The van der Waals surface area contributed by atoms with E-state index in [2.05, 4.69) is 10.2 Å². The largest absolute Gasteiger partial charge is 0.456 e. The molecule has 0 saturated carbocycles. The van der Waals surface area contributed by atoms with Crippen molar-refractivity contribution in [1.82, 2.24) is 14.8 Å². The number of fused-ring (bicyclic) bond motifs is 1. The summed E-state index contributed by atoms with van der Waals surface area (Å²) in [6.07, 6.45) is 1.65. The van der Waals surface area contributed by atoms with Crippen molar-refractivity contribution in [1.29, 1.82) is 0 Å². The van der Waals surface area contributed by atoms with E-state index in [-0.39, 0.29) is 23.0 Å². The molecule has 0 spiro atoms. The van der Waals surface area contributed by atoms with Gasteiger partial charge < -0.3 is 23.2 Å².